The summed E-state index contributed by atoms with van der Waals surface area (Å²) in [6.07, 6.45) is -2.47. The van der Waals surface area contributed by atoms with E-state index in [2.05, 4.69) is 5.32 Å². The molecule has 1 aromatic rings. The second-order valence-corrected chi connectivity index (χ2v) is 7.00. The Labute approximate surface area is 125 Å². The lowest BCUT2D eigenvalue weighted by molar-refractivity contribution is -0.121. The van der Waals surface area contributed by atoms with Crippen molar-refractivity contribution in [1.29, 1.82) is 0 Å². The van der Waals surface area contributed by atoms with Crippen LogP contribution >= 0.6 is 11.6 Å². The van der Waals surface area contributed by atoms with E-state index in [1.165, 1.54) is 16.9 Å². The topological polar surface area (TPSA) is 58.2 Å². The first kappa shape index (κ1) is 16.5. The van der Waals surface area contributed by atoms with Crippen molar-refractivity contribution < 1.29 is 21.6 Å². The Bertz CT molecular complexity index is 615. The van der Waals surface area contributed by atoms with Crippen LogP contribution in [0.4, 0.5) is 13.2 Å². The lowest BCUT2D eigenvalue weighted by atomic mass is 10.2. The SMILES string of the molecule is O=S(=O)(NCC(F)(F)F)c1cc(CNC2CC2)ccc1Cl. The van der Waals surface area contributed by atoms with Crippen LogP contribution in [0.3, 0.4) is 0 Å². The van der Waals surface area contributed by atoms with Gasteiger partial charge in [0.25, 0.3) is 0 Å². The molecule has 1 aliphatic carbocycles. The summed E-state index contributed by atoms with van der Waals surface area (Å²) in [4.78, 5) is -0.344. The minimum absolute atomic E-state index is 0.111. The van der Waals surface area contributed by atoms with E-state index in [0.717, 1.165) is 12.8 Å². The van der Waals surface area contributed by atoms with Crippen LogP contribution in [0.5, 0.6) is 0 Å². The van der Waals surface area contributed by atoms with E-state index in [9.17, 15) is 21.6 Å². The lowest BCUT2D eigenvalue weighted by Gasteiger charge is -2.12. The van der Waals surface area contributed by atoms with Gasteiger partial charge in [0, 0.05) is 12.6 Å². The minimum atomic E-state index is -4.62. The van der Waals surface area contributed by atoms with Gasteiger partial charge >= 0.3 is 6.18 Å². The fourth-order valence-electron chi connectivity index (χ4n) is 1.67. The maximum absolute atomic E-state index is 12.1. The molecule has 0 amide bonds. The van der Waals surface area contributed by atoms with Crippen molar-refractivity contribution in [2.45, 2.75) is 36.5 Å². The van der Waals surface area contributed by atoms with Crippen LogP contribution in [0.25, 0.3) is 0 Å². The van der Waals surface area contributed by atoms with Gasteiger partial charge < -0.3 is 5.32 Å². The summed E-state index contributed by atoms with van der Waals surface area (Å²) in [5.41, 5.74) is 0.652. The molecule has 0 heterocycles. The molecule has 0 atom stereocenters. The molecule has 9 heteroatoms. The van der Waals surface area contributed by atoms with Crippen molar-refractivity contribution in [2.24, 2.45) is 0 Å². The number of rotatable bonds is 6. The first-order chi connectivity index (χ1) is 9.67. The summed E-state index contributed by atoms with van der Waals surface area (Å²) < 4.78 is 61.7. The highest BCUT2D eigenvalue weighted by Crippen LogP contribution is 2.25. The Morgan fingerprint density at radius 2 is 1.95 bits per heavy atom. The smallest absolute Gasteiger partial charge is 0.310 e. The number of hydrogen-bond donors (Lipinski definition) is 2. The molecule has 4 nitrogen and oxygen atoms in total. The van der Waals surface area contributed by atoms with E-state index in [4.69, 9.17) is 11.6 Å². The first-order valence-electron chi connectivity index (χ1n) is 6.25. The number of hydrogen-bond acceptors (Lipinski definition) is 3. The summed E-state index contributed by atoms with van der Waals surface area (Å²) in [7, 11) is -4.30. The number of sulfonamides is 1. The summed E-state index contributed by atoms with van der Waals surface area (Å²) >= 11 is 5.78. The molecular weight excluding hydrogens is 329 g/mol. The average Bonchev–Trinajstić information content (AvgIpc) is 3.19. The third kappa shape index (κ3) is 5.14. The Hall–Kier alpha value is -0.830. The molecule has 0 radical (unpaired) electrons. The Morgan fingerprint density at radius 3 is 2.52 bits per heavy atom. The van der Waals surface area contributed by atoms with E-state index in [-0.39, 0.29) is 9.92 Å². The van der Waals surface area contributed by atoms with E-state index < -0.39 is 22.7 Å². The second kappa shape index (κ2) is 6.12. The molecule has 1 saturated carbocycles. The third-order valence-corrected chi connectivity index (χ3v) is 4.80. The van der Waals surface area contributed by atoms with Crippen LogP contribution in [-0.4, -0.2) is 27.2 Å². The molecule has 0 aromatic heterocycles. The van der Waals surface area contributed by atoms with Crippen LogP contribution in [0.2, 0.25) is 5.02 Å². The van der Waals surface area contributed by atoms with Gasteiger partial charge in [-0.2, -0.15) is 13.2 Å². The number of benzene rings is 1. The normalized spacial score (nSPS) is 16.2. The quantitative estimate of drug-likeness (QED) is 0.835. The fourth-order valence-corrected chi connectivity index (χ4v) is 3.23. The summed E-state index contributed by atoms with van der Waals surface area (Å²) in [5, 5.41) is 3.08. The molecule has 0 unspecified atom stereocenters. The third-order valence-electron chi connectivity index (χ3n) is 2.92. The van der Waals surface area contributed by atoms with Crippen molar-refractivity contribution in [3.8, 4) is 0 Å². The largest absolute Gasteiger partial charge is 0.402 e. The summed E-state index contributed by atoms with van der Waals surface area (Å²) in [5.74, 6) is 0. The molecular formula is C12H14ClF3N2O2S. The van der Waals surface area contributed by atoms with Crippen molar-refractivity contribution in [3.05, 3.63) is 28.8 Å². The van der Waals surface area contributed by atoms with E-state index >= 15 is 0 Å². The Kier molecular flexibility index (Phi) is 4.82. The van der Waals surface area contributed by atoms with Gasteiger partial charge in [-0.25, -0.2) is 13.1 Å². The summed E-state index contributed by atoms with van der Waals surface area (Å²) in [6.45, 7) is -1.18. The van der Waals surface area contributed by atoms with Gasteiger partial charge in [-0.1, -0.05) is 17.7 Å². The molecule has 2 rings (SSSR count). The maximum atomic E-state index is 12.1. The fraction of sp³-hybridized carbons (Fsp3) is 0.500. The zero-order valence-corrected chi connectivity index (χ0v) is 12.4. The maximum Gasteiger partial charge on any atom is 0.402 e. The number of nitrogens with one attached hydrogen (secondary N) is 2. The predicted molar refractivity (Wildman–Crippen MR) is 72.6 cm³/mol. The van der Waals surface area contributed by atoms with Crippen molar-refractivity contribution in [3.63, 3.8) is 0 Å². The first-order valence-corrected chi connectivity index (χ1v) is 8.12. The van der Waals surface area contributed by atoms with Crippen LogP contribution < -0.4 is 10.0 Å². The van der Waals surface area contributed by atoms with E-state index in [1.54, 1.807) is 6.07 Å². The predicted octanol–water partition coefficient (Wildman–Crippen LogP) is 2.43. The molecule has 0 bridgehead atoms. The van der Waals surface area contributed by atoms with Crippen LogP contribution in [0, 0.1) is 0 Å². The molecule has 2 N–H and O–H groups in total. The highest BCUT2D eigenvalue weighted by Gasteiger charge is 2.31. The molecule has 0 spiro atoms. The van der Waals surface area contributed by atoms with Gasteiger partial charge in [-0.3, -0.25) is 0 Å². The van der Waals surface area contributed by atoms with Gasteiger partial charge in [0.15, 0.2) is 0 Å². The molecule has 1 fully saturated rings. The Balaban J connectivity index is 2.13. The average molecular weight is 343 g/mol. The van der Waals surface area contributed by atoms with Crippen LogP contribution in [0.1, 0.15) is 18.4 Å². The van der Waals surface area contributed by atoms with Gasteiger partial charge in [0.2, 0.25) is 10.0 Å². The van der Waals surface area contributed by atoms with E-state index in [1.807, 2.05) is 0 Å². The number of alkyl halides is 3. The highest BCUT2D eigenvalue weighted by atomic mass is 35.5. The molecule has 118 valence electrons. The molecule has 21 heavy (non-hydrogen) atoms. The monoisotopic (exact) mass is 342 g/mol. The van der Waals surface area contributed by atoms with Gasteiger partial charge in [0.1, 0.15) is 11.4 Å². The molecule has 0 saturated heterocycles. The molecule has 1 aliphatic rings. The van der Waals surface area contributed by atoms with Gasteiger partial charge in [-0.15, -0.1) is 0 Å². The summed E-state index contributed by atoms with van der Waals surface area (Å²) in [6, 6.07) is 4.73. The standard InChI is InChI=1S/C12H14ClF3N2O2S/c13-10-4-1-8(6-17-9-2-3-9)5-11(10)21(19,20)18-7-12(14,15)16/h1,4-5,9,17-18H,2-3,6-7H2. The van der Waals surface area contributed by atoms with Gasteiger partial charge in [0.05, 0.1) is 5.02 Å². The van der Waals surface area contributed by atoms with Crippen LogP contribution in [-0.2, 0) is 16.6 Å². The molecule has 1 aromatic carbocycles. The second-order valence-electron chi connectivity index (χ2n) is 4.86. The highest BCUT2D eigenvalue weighted by molar-refractivity contribution is 7.89. The Morgan fingerprint density at radius 1 is 1.29 bits per heavy atom. The zero-order valence-electron chi connectivity index (χ0n) is 10.9. The zero-order chi connectivity index (χ0) is 15.7. The lowest BCUT2D eigenvalue weighted by Crippen LogP contribution is -2.34. The van der Waals surface area contributed by atoms with Crippen molar-refractivity contribution in [2.75, 3.05) is 6.54 Å². The van der Waals surface area contributed by atoms with Crippen molar-refractivity contribution in [1.82, 2.24) is 10.0 Å². The van der Waals surface area contributed by atoms with Crippen LogP contribution in [0.15, 0.2) is 23.1 Å². The van der Waals surface area contributed by atoms with E-state index in [0.29, 0.717) is 18.2 Å². The molecule has 0 aliphatic heterocycles. The minimum Gasteiger partial charge on any atom is -0.310 e. The van der Waals surface area contributed by atoms with Gasteiger partial charge in [-0.05, 0) is 30.5 Å². The number of halogens is 4. The van der Waals surface area contributed by atoms with Crippen molar-refractivity contribution >= 4 is 21.6 Å².